The Bertz CT molecular complexity index is 1630. The largest absolute Gasteiger partial charge is 0.573 e. The maximum absolute atomic E-state index is 12.7. The minimum atomic E-state index is -4.77. The smallest absolute Gasteiger partial charge is 0.406 e. The van der Waals surface area contributed by atoms with Crippen LogP contribution in [0.5, 0.6) is 5.75 Å². The predicted octanol–water partition coefficient (Wildman–Crippen LogP) is 6.38. The molecule has 2 aliphatic rings. The van der Waals surface area contributed by atoms with Crippen LogP contribution >= 0.6 is 11.8 Å². The van der Waals surface area contributed by atoms with E-state index in [1.807, 2.05) is 24.3 Å². The van der Waals surface area contributed by atoms with E-state index in [1.54, 1.807) is 24.3 Å². The molecule has 2 heterocycles. The Morgan fingerprint density at radius 2 is 1.76 bits per heavy atom. The van der Waals surface area contributed by atoms with Crippen molar-refractivity contribution < 1.29 is 27.5 Å². The number of benzene rings is 3. The monoisotopic (exact) mass is 578 g/mol. The molecule has 208 valence electrons. The van der Waals surface area contributed by atoms with Crippen LogP contribution in [-0.2, 0) is 4.79 Å². The third-order valence-corrected chi connectivity index (χ3v) is 7.30. The van der Waals surface area contributed by atoms with E-state index in [1.165, 1.54) is 51.9 Å². The van der Waals surface area contributed by atoms with E-state index in [2.05, 4.69) is 25.1 Å². The van der Waals surface area contributed by atoms with Gasteiger partial charge in [0.25, 0.3) is 0 Å². The summed E-state index contributed by atoms with van der Waals surface area (Å²) in [6.45, 7) is 0. The molecule has 9 nitrogen and oxygen atoms in total. The first-order valence-corrected chi connectivity index (χ1v) is 13.5. The summed E-state index contributed by atoms with van der Waals surface area (Å²) in [5.74, 6) is 0.571. The summed E-state index contributed by atoms with van der Waals surface area (Å²) < 4.78 is 42.5. The molecule has 1 aliphatic carbocycles. The summed E-state index contributed by atoms with van der Waals surface area (Å²) in [4.78, 5) is 35.4. The third kappa shape index (κ3) is 6.09. The van der Waals surface area contributed by atoms with Gasteiger partial charge in [-0.1, -0.05) is 30.0 Å². The number of ether oxygens (including phenoxy) is 1. The number of rotatable bonds is 6. The summed E-state index contributed by atoms with van der Waals surface area (Å²) in [6, 6.07) is 19.1. The maximum atomic E-state index is 12.7. The van der Waals surface area contributed by atoms with Gasteiger partial charge in [0, 0.05) is 11.3 Å². The normalized spacial score (nSPS) is 16.3. The van der Waals surface area contributed by atoms with Crippen molar-refractivity contribution in [2.24, 2.45) is 4.99 Å². The average molecular weight is 579 g/mol. The summed E-state index contributed by atoms with van der Waals surface area (Å²) in [5.41, 5.74) is 3.51. The molecule has 13 heteroatoms. The molecule has 3 aromatic carbocycles. The second kappa shape index (κ2) is 10.7. The van der Waals surface area contributed by atoms with Gasteiger partial charge in [0.2, 0.25) is 5.91 Å². The second-order valence-electron chi connectivity index (χ2n) is 9.31. The molecule has 3 amide bonds. The Balaban J connectivity index is 1.12. The predicted molar refractivity (Wildman–Crippen MR) is 148 cm³/mol. The molecule has 1 saturated carbocycles. The topological polar surface area (TPSA) is 102 Å². The zero-order valence-electron chi connectivity index (χ0n) is 21.2. The van der Waals surface area contributed by atoms with Gasteiger partial charge in [0.1, 0.15) is 12.1 Å². The lowest BCUT2D eigenvalue weighted by atomic mass is 10.1. The molecule has 0 radical (unpaired) electrons. The summed E-state index contributed by atoms with van der Waals surface area (Å²) >= 11 is 1.23. The Hall–Kier alpha value is -4.65. The highest BCUT2D eigenvalue weighted by atomic mass is 32.2. The summed E-state index contributed by atoms with van der Waals surface area (Å²) in [6.07, 6.45) is -1.16. The van der Waals surface area contributed by atoms with E-state index in [4.69, 9.17) is 0 Å². The molecule has 0 bridgehead atoms. The van der Waals surface area contributed by atoms with Crippen LogP contribution in [0, 0.1) is 0 Å². The Morgan fingerprint density at radius 3 is 2.46 bits per heavy atom. The van der Waals surface area contributed by atoms with Crippen molar-refractivity contribution in [1.82, 2.24) is 14.8 Å². The van der Waals surface area contributed by atoms with Crippen molar-refractivity contribution in [2.75, 3.05) is 16.0 Å². The molecule has 1 saturated heterocycles. The van der Waals surface area contributed by atoms with E-state index in [9.17, 15) is 22.8 Å². The van der Waals surface area contributed by atoms with Crippen molar-refractivity contribution in [3.8, 4) is 22.8 Å². The van der Waals surface area contributed by atoms with E-state index >= 15 is 0 Å². The highest BCUT2D eigenvalue weighted by Gasteiger charge is 2.35. The summed E-state index contributed by atoms with van der Waals surface area (Å²) in [7, 11) is 0. The first-order chi connectivity index (χ1) is 19.7. The van der Waals surface area contributed by atoms with Gasteiger partial charge in [-0.3, -0.25) is 9.69 Å². The van der Waals surface area contributed by atoms with Crippen molar-refractivity contribution >= 4 is 40.2 Å². The Labute approximate surface area is 236 Å². The van der Waals surface area contributed by atoms with Crippen LogP contribution < -0.4 is 15.0 Å². The van der Waals surface area contributed by atoms with E-state index in [-0.39, 0.29) is 17.4 Å². The number of carbonyl (C=O) groups excluding carboxylic acids is 2. The number of nitrogens with one attached hydrogen (secondary N) is 1. The number of nitrogens with zero attached hydrogens (tertiary/aromatic N) is 5. The van der Waals surface area contributed by atoms with Crippen LogP contribution in [0.1, 0.15) is 24.3 Å². The fourth-order valence-corrected chi connectivity index (χ4v) is 5.23. The molecule has 0 spiro atoms. The number of amidine groups is 1. The molecule has 2 fully saturated rings. The van der Waals surface area contributed by atoms with Gasteiger partial charge in [-0.25, -0.2) is 14.5 Å². The van der Waals surface area contributed by atoms with Crippen molar-refractivity contribution in [3.05, 3.63) is 84.7 Å². The first kappa shape index (κ1) is 26.6. The fourth-order valence-electron chi connectivity index (χ4n) is 4.37. The second-order valence-corrected chi connectivity index (χ2v) is 10.2. The SMILES string of the molecule is O=C(N=C1SCC(=O)N1c1ccccc1C1CC1)Nc1ccc(-c2ncn(-c3ccc(OC(F)(F)F)cc3)n2)cc1. The highest BCUT2D eigenvalue weighted by molar-refractivity contribution is 8.15. The minimum Gasteiger partial charge on any atom is -0.406 e. The van der Waals surface area contributed by atoms with Crippen molar-refractivity contribution in [2.45, 2.75) is 25.1 Å². The number of anilines is 2. The molecule has 0 unspecified atom stereocenters. The van der Waals surface area contributed by atoms with Gasteiger partial charge in [-0.15, -0.1) is 18.3 Å². The van der Waals surface area contributed by atoms with Crippen LogP contribution in [0.25, 0.3) is 17.1 Å². The maximum Gasteiger partial charge on any atom is 0.573 e. The lowest BCUT2D eigenvalue weighted by molar-refractivity contribution is -0.274. The highest BCUT2D eigenvalue weighted by Crippen LogP contribution is 2.45. The number of aromatic nitrogens is 3. The Kier molecular flexibility index (Phi) is 6.95. The van der Waals surface area contributed by atoms with Crippen LogP contribution in [0.4, 0.5) is 29.3 Å². The summed E-state index contributed by atoms with van der Waals surface area (Å²) in [5, 5.41) is 7.43. The van der Waals surface area contributed by atoms with Gasteiger partial charge in [0.05, 0.1) is 17.1 Å². The van der Waals surface area contributed by atoms with Gasteiger partial charge in [-0.05, 0) is 78.9 Å². The number of amides is 3. The minimum absolute atomic E-state index is 0.114. The lowest BCUT2D eigenvalue weighted by Gasteiger charge is -2.19. The number of alkyl halides is 3. The Morgan fingerprint density at radius 1 is 1.02 bits per heavy atom. The van der Waals surface area contributed by atoms with Gasteiger partial charge in [0.15, 0.2) is 11.0 Å². The third-order valence-electron chi connectivity index (χ3n) is 6.38. The zero-order chi connectivity index (χ0) is 28.6. The number of para-hydroxylation sites is 1. The number of carbonyl (C=O) groups is 2. The molecule has 4 aromatic rings. The van der Waals surface area contributed by atoms with E-state index in [0.29, 0.717) is 33.8 Å². The standard InChI is InChI=1S/C28H21F3N6O3S/c29-28(30,31)40-21-13-11-20(12-14-21)36-16-32-25(35-36)18-7-9-19(10-8-18)33-26(39)34-27-37(24(38)15-41-27)23-4-2-1-3-22(23)17-5-6-17/h1-4,7-14,16-17H,5-6,15H2,(H,33,39). The number of hydrogen-bond acceptors (Lipinski definition) is 6. The van der Waals surface area contributed by atoms with Crippen molar-refractivity contribution in [3.63, 3.8) is 0 Å². The fraction of sp³-hybridized carbons (Fsp3) is 0.179. The number of urea groups is 1. The quantitative estimate of drug-likeness (QED) is 0.285. The van der Waals surface area contributed by atoms with E-state index < -0.39 is 12.4 Å². The van der Waals surface area contributed by atoms with E-state index in [0.717, 1.165) is 24.1 Å². The molecule has 6 rings (SSSR count). The van der Waals surface area contributed by atoms with Crippen LogP contribution in [-0.4, -0.2) is 44.0 Å². The molecule has 1 N–H and O–H groups in total. The number of aliphatic imine (C=N–C) groups is 1. The lowest BCUT2D eigenvalue weighted by Crippen LogP contribution is -2.31. The molecular weight excluding hydrogens is 557 g/mol. The van der Waals surface area contributed by atoms with Gasteiger partial charge in [-0.2, -0.15) is 4.99 Å². The number of thioether (sulfide) groups is 1. The van der Waals surface area contributed by atoms with Crippen molar-refractivity contribution in [1.29, 1.82) is 0 Å². The molecule has 1 aliphatic heterocycles. The molecular formula is C28H21F3N6O3S. The molecule has 1 aromatic heterocycles. The average Bonchev–Trinajstić information content (AvgIpc) is 3.56. The number of halogens is 3. The zero-order valence-corrected chi connectivity index (χ0v) is 22.0. The first-order valence-electron chi connectivity index (χ1n) is 12.6. The molecule has 41 heavy (non-hydrogen) atoms. The van der Waals surface area contributed by atoms with Crippen LogP contribution in [0.3, 0.4) is 0 Å². The number of hydrogen-bond donors (Lipinski definition) is 1. The van der Waals surface area contributed by atoms with Crippen LogP contribution in [0.15, 0.2) is 84.1 Å². The van der Waals surface area contributed by atoms with Gasteiger partial charge >= 0.3 is 12.4 Å². The van der Waals surface area contributed by atoms with Crippen LogP contribution in [0.2, 0.25) is 0 Å². The van der Waals surface area contributed by atoms with Gasteiger partial charge < -0.3 is 10.1 Å². The molecule has 0 atom stereocenters.